The van der Waals surface area contributed by atoms with Gasteiger partial charge in [0.1, 0.15) is 5.83 Å². The van der Waals surface area contributed by atoms with Crippen molar-refractivity contribution in [2.75, 3.05) is 18.4 Å². The summed E-state index contributed by atoms with van der Waals surface area (Å²) in [6.45, 7) is 14.3. The van der Waals surface area contributed by atoms with Crippen LogP contribution in [0.25, 0.3) is 11.1 Å². The molecule has 0 saturated carbocycles. The Morgan fingerprint density at radius 2 is 1.90 bits per heavy atom. The second-order valence-electron chi connectivity index (χ2n) is 7.35. The molecule has 5 nitrogen and oxygen atoms in total. The van der Waals surface area contributed by atoms with Gasteiger partial charge in [-0.1, -0.05) is 31.3 Å². The monoisotopic (exact) mass is 438 g/mol. The molecule has 3 rings (SSSR count). The lowest BCUT2D eigenvalue weighted by Gasteiger charge is -2.19. The van der Waals surface area contributed by atoms with Gasteiger partial charge in [0.2, 0.25) is 0 Å². The number of hydrogen-bond donors (Lipinski definition) is 1. The third-order valence-corrected chi connectivity index (χ3v) is 5.06. The van der Waals surface area contributed by atoms with E-state index < -0.39 is 5.83 Å². The summed E-state index contributed by atoms with van der Waals surface area (Å²) in [5, 5.41) is 3.45. The van der Waals surface area contributed by atoms with Gasteiger partial charge < -0.3 is 10.2 Å². The van der Waals surface area contributed by atoms with E-state index in [1.165, 1.54) is 6.08 Å². The minimum atomic E-state index is -0.683. The molecule has 1 N–H and O–H groups in total. The summed E-state index contributed by atoms with van der Waals surface area (Å²) in [6, 6.07) is 3.40. The van der Waals surface area contributed by atoms with Crippen molar-refractivity contribution < 1.29 is 9.18 Å². The molecular weight excluding hydrogens is 415 g/mol. The van der Waals surface area contributed by atoms with Crippen LogP contribution in [0.2, 0.25) is 0 Å². The molecule has 0 aromatic carbocycles. The van der Waals surface area contributed by atoms with Crippen LogP contribution in [0.3, 0.4) is 0 Å². The maximum absolute atomic E-state index is 14.1. The Labute approximate surface area is 186 Å². The summed E-state index contributed by atoms with van der Waals surface area (Å²) in [4.78, 5) is 23.3. The van der Waals surface area contributed by atoms with Crippen LogP contribution in [-0.4, -0.2) is 33.9 Å². The zero-order chi connectivity index (χ0) is 22.5. The zero-order valence-corrected chi connectivity index (χ0v) is 18.2. The lowest BCUT2D eigenvalue weighted by Crippen LogP contribution is -2.28. The Morgan fingerprint density at radius 3 is 2.52 bits per heavy atom. The molecule has 1 aliphatic heterocycles. The van der Waals surface area contributed by atoms with E-state index in [1.807, 2.05) is 11.8 Å². The topological polar surface area (TPSA) is 58.1 Å². The van der Waals surface area contributed by atoms with E-state index in [0.717, 1.165) is 37.1 Å². The molecule has 0 spiro atoms. The first-order valence-electron chi connectivity index (χ1n) is 9.85. The van der Waals surface area contributed by atoms with Crippen molar-refractivity contribution in [1.29, 1.82) is 0 Å². The van der Waals surface area contributed by atoms with Crippen molar-refractivity contribution in [2.45, 2.75) is 19.8 Å². The van der Waals surface area contributed by atoms with Gasteiger partial charge in [-0.3, -0.25) is 14.8 Å². The van der Waals surface area contributed by atoms with Gasteiger partial charge in [-0.05, 0) is 43.5 Å². The van der Waals surface area contributed by atoms with Crippen LogP contribution >= 0.6 is 11.6 Å². The summed E-state index contributed by atoms with van der Waals surface area (Å²) in [5.74, 6) is -0.757. The number of hydrogen-bond acceptors (Lipinski definition) is 4. The molecule has 7 heteroatoms. The van der Waals surface area contributed by atoms with Crippen molar-refractivity contribution in [3.8, 4) is 0 Å². The van der Waals surface area contributed by atoms with Crippen molar-refractivity contribution in [1.82, 2.24) is 14.9 Å². The standard InChI is InChI=1S/C24H24ClFN4O/c1-15(2)19-14-28-22(18(17(4)26)11-16(3)25)12-23(19)29-21-7-8-27-13-20(21)24(31)30-9-5-6-10-30/h7-8,11-14H,1,3-6,9-10H2,2H3,(H,27,28,29)/b18-11+. The maximum atomic E-state index is 14.1. The molecule has 1 aliphatic rings. The van der Waals surface area contributed by atoms with Crippen LogP contribution in [0, 0.1) is 0 Å². The molecular formula is C24H24ClFN4O. The van der Waals surface area contributed by atoms with Crippen LogP contribution in [-0.2, 0) is 0 Å². The lowest BCUT2D eigenvalue weighted by atomic mass is 10.0. The first kappa shape index (κ1) is 22.4. The van der Waals surface area contributed by atoms with Crippen LogP contribution < -0.4 is 5.32 Å². The fourth-order valence-corrected chi connectivity index (χ4v) is 3.51. The number of nitrogens with one attached hydrogen (secondary N) is 1. The zero-order valence-electron chi connectivity index (χ0n) is 17.4. The van der Waals surface area contributed by atoms with E-state index >= 15 is 0 Å². The Balaban J connectivity index is 2.05. The minimum Gasteiger partial charge on any atom is -0.354 e. The van der Waals surface area contributed by atoms with Crippen LogP contribution in [0.1, 0.15) is 41.4 Å². The van der Waals surface area contributed by atoms with E-state index in [0.29, 0.717) is 22.6 Å². The Morgan fingerprint density at radius 1 is 1.19 bits per heavy atom. The van der Waals surface area contributed by atoms with Crippen molar-refractivity contribution in [2.24, 2.45) is 0 Å². The predicted octanol–water partition coefficient (Wildman–Crippen LogP) is 6.11. The number of rotatable bonds is 7. The number of amides is 1. The summed E-state index contributed by atoms with van der Waals surface area (Å²) < 4.78 is 14.1. The van der Waals surface area contributed by atoms with Crippen LogP contribution in [0.4, 0.5) is 15.8 Å². The molecule has 3 heterocycles. The Hall–Kier alpha value is -3.25. The van der Waals surface area contributed by atoms with E-state index in [2.05, 4.69) is 35.0 Å². The predicted molar refractivity (Wildman–Crippen MR) is 125 cm³/mol. The second-order valence-corrected chi connectivity index (χ2v) is 7.84. The third kappa shape index (κ3) is 5.27. The molecule has 2 aromatic heterocycles. The van der Waals surface area contributed by atoms with Gasteiger partial charge in [0, 0.05) is 53.5 Å². The molecule has 0 atom stereocenters. The Kier molecular flexibility index (Phi) is 7.02. The number of nitrogens with zero attached hydrogens (tertiary/aromatic N) is 3. The smallest absolute Gasteiger partial charge is 0.257 e. The minimum absolute atomic E-state index is 0.0737. The average molecular weight is 439 g/mol. The molecule has 31 heavy (non-hydrogen) atoms. The summed E-state index contributed by atoms with van der Waals surface area (Å²) in [6.07, 6.45) is 8.12. The highest BCUT2D eigenvalue weighted by Gasteiger charge is 2.23. The van der Waals surface area contributed by atoms with Gasteiger partial charge in [-0.25, -0.2) is 4.39 Å². The molecule has 160 valence electrons. The SMILES string of the molecule is C=C(Cl)/C=C(\C(=C)F)c1cc(Nc2ccncc2C(=O)N2CCCC2)c(C(=C)C)cn1. The number of anilines is 2. The van der Waals surface area contributed by atoms with Gasteiger partial charge in [-0.2, -0.15) is 0 Å². The van der Waals surface area contributed by atoms with Gasteiger partial charge in [0.05, 0.1) is 16.9 Å². The van der Waals surface area contributed by atoms with Crippen molar-refractivity contribution in [3.63, 3.8) is 0 Å². The van der Waals surface area contributed by atoms with E-state index in [1.54, 1.807) is 30.7 Å². The van der Waals surface area contributed by atoms with Gasteiger partial charge in [-0.15, -0.1) is 0 Å². The third-order valence-electron chi connectivity index (χ3n) is 4.95. The van der Waals surface area contributed by atoms with E-state index in [4.69, 9.17) is 11.6 Å². The van der Waals surface area contributed by atoms with Gasteiger partial charge in [0.15, 0.2) is 0 Å². The van der Waals surface area contributed by atoms with E-state index in [-0.39, 0.29) is 16.5 Å². The molecule has 1 fully saturated rings. The van der Waals surface area contributed by atoms with Crippen molar-refractivity contribution in [3.05, 3.63) is 84.2 Å². The van der Waals surface area contributed by atoms with Crippen LogP contribution in [0.15, 0.2) is 67.4 Å². The number of pyridine rings is 2. The summed E-state index contributed by atoms with van der Waals surface area (Å²) >= 11 is 5.85. The average Bonchev–Trinajstić information content (AvgIpc) is 3.26. The first-order chi connectivity index (χ1) is 14.8. The normalized spacial score (nSPS) is 13.8. The largest absolute Gasteiger partial charge is 0.354 e. The fourth-order valence-electron chi connectivity index (χ4n) is 3.40. The molecule has 1 saturated heterocycles. The molecule has 2 aromatic rings. The highest BCUT2D eigenvalue weighted by molar-refractivity contribution is 6.31. The number of allylic oxidation sites excluding steroid dienone is 5. The molecule has 0 bridgehead atoms. The summed E-state index contributed by atoms with van der Waals surface area (Å²) in [7, 11) is 0. The molecule has 0 radical (unpaired) electrons. The quantitative estimate of drug-likeness (QED) is 0.530. The van der Waals surface area contributed by atoms with Gasteiger partial charge >= 0.3 is 0 Å². The number of carbonyl (C=O) groups is 1. The van der Waals surface area contributed by atoms with Gasteiger partial charge in [0.25, 0.3) is 5.91 Å². The lowest BCUT2D eigenvalue weighted by molar-refractivity contribution is 0.0793. The fraction of sp³-hybridized carbons (Fsp3) is 0.208. The first-order valence-corrected chi connectivity index (χ1v) is 10.2. The number of carbonyl (C=O) groups excluding carboxylic acids is 1. The molecule has 0 unspecified atom stereocenters. The number of halogens is 2. The highest BCUT2D eigenvalue weighted by atomic mass is 35.5. The van der Waals surface area contributed by atoms with E-state index in [9.17, 15) is 9.18 Å². The van der Waals surface area contributed by atoms with Crippen molar-refractivity contribution >= 4 is 40.0 Å². The van der Waals surface area contributed by atoms with Crippen LogP contribution in [0.5, 0.6) is 0 Å². The second kappa shape index (κ2) is 9.71. The number of likely N-dealkylation sites (tertiary alicyclic amines) is 1. The summed E-state index contributed by atoms with van der Waals surface area (Å²) in [5.41, 5.74) is 3.62. The maximum Gasteiger partial charge on any atom is 0.257 e. The highest BCUT2D eigenvalue weighted by Crippen LogP contribution is 2.32. The Bertz CT molecular complexity index is 1090. The number of aromatic nitrogens is 2. The molecule has 1 amide bonds. The molecule has 0 aliphatic carbocycles.